The Hall–Kier alpha value is -1.24. The van der Waals surface area contributed by atoms with Gasteiger partial charge in [0.05, 0.1) is 18.6 Å². The van der Waals surface area contributed by atoms with E-state index in [-0.39, 0.29) is 31.6 Å². The Morgan fingerprint density at radius 2 is 2.03 bits per heavy atom. The molecule has 0 radical (unpaired) electrons. The van der Waals surface area contributed by atoms with Gasteiger partial charge in [-0.2, -0.15) is 0 Å². The minimum absolute atomic E-state index is 0.000497. The molecule has 0 amide bonds. The summed E-state index contributed by atoms with van der Waals surface area (Å²) in [5.41, 5.74) is -2.76. The molecule has 2 saturated carbocycles. The molecular formula is C23H29ClF2O4. The Bertz CT molecular complexity index is 854. The number of hydrogen-bond donors (Lipinski definition) is 3. The van der Waals surface area contributed by atoms with Crippen LogP contribution in [0.2, 0.25) is 0 Å². The molecule has 0 aliphatic heterocycles. The van der Waals surface area contributed by atoms with Gasteiger partial charge in [-0.15, -0.1) is 0 Å². The highest BCUT2D eigenvalue weighted by Gasteiger charge is 2.70. The zero-order chi connectivity index (χ0) is 22.1. The number of aliphatic hydroxyl groups excluding tert-OH is 2. The number of rotatable bonds is 4. The summed E-state index contributed by atoms with van der Waals surface area (Å²) in [6, 6.07) is 0. The van der Waals surface area contributed by atoms with Gasteiger partial charge < -0.3 is 15.3 Å². The van der Waals surface area contributed by atoms with Crippen molar-refractivity contribution in [2.45, 2.75) is 76.4 Å². The van der Waals surface area contributed by atoms with Crippen LogP contribution in [0.4, 0.5) is 8.78 Å². The quantitative estimate of drug-likeness (QED) is 0.562. The van der Waals surface area contributed by atoms with Gasteiger partial charge in [0, 0.05) is 22.8 Å². The number of allylic oxidation sites excluding steroid dienone is 5. The molecule has 30 heavy (non-hydrogen) atoms. The van der Waals surface area contributed by atoms with Crippen molar-refractivity contribution in [1.29, 1.82) is 0 Å². The average molecular weight is 443 g/mol. The lowest BCUT2D eigenvalue weighted by Crippen LogP contribution is -2.67. The molecule has 0 aromatic heterocycles. The van der Waals surface area contributed by atoms with E-state index in [1.165, 1.54) is 0 Å². The molecule has 4 aliphatic carbocycles. The van der Waals surface area contributed by atoms with Crippen LogP contribution in [0.15, 0.2) is 34.4 Å². The molecule has 2 fully saturated rings. The van der Waals surface area contributed by atoms with E-state index in [1.807, 2.05) is 13.0 Å². The van der Waals surface area contributed by atoms with Crippen molar-refractivity contribution in [3.8, 4) is 0 Å². The molecule has 166 valence electrons. The normalized spacial score (nSPS) is 46.0. The second kappa shape index (κ2) is 7.14. The highest BCUT2D eigenvalue weighted by molar-refractivity contribution is 6.29. The van der Waals surface area contributed by atoms with E-state index in [9.17, 15) is 15.0 Å². The molecule has 4 aliphatic rings. The first-order chi connectivity index (χ1) is 13.9. The van der Waals surface area contributed by atoms with E-state index in [1.54, 1.807) is 19.1 Å². The molecule has 8 atom stereocenters. The minimum atomic E-state index is -2.05. The van der Waals surface area contributed by atoms with Gasteiger partial charge in [0.2, 0.25) is 0 Å². The summed E-state index contributed by atoms with van der Waals surface area (Å²) in [6.07, 6.45) is 2.32. The number of aliphatic hydroxyl groups is 2. The van der Waals surface area contributed by atoms with E-state index < -0.39 is 46.8 Å². The van der Waals surface area contributed by atoms with Crippen LogP contribution in [-0.4, -0.2) is 45.3 Å². The van der Waals surface area contributed by atoms with Crippen molar-refractivity contribution in [3.63, 3.8) is 0 Å². The fraction of sp³-hybridized carbons (Fsp3) is 0.696. The van der Waals surface area contributed by atoms with Gasteiger partial charge in [0.15, 0.2) is 5.67 Å². The third kappa shape index (κ3) is 2.94. The number of carbonyl (C=O) groups is 1. The molecule has 0 heterocycles. The molecule has 0 saturated heterocycles. The molecule has 3 N–H and O–H groups in total. The minimum Gasteiger partial charge on any atom is -0.481 e. The first kappa shape index (κ1) is 22.0. The number of fused-ring (bicyclic) bond motifs is 5. The maximum atomic E-state index is 16.9. The van der Waals surface area contributed by atoms with Crippen molar-refractivity contribution in [2.24, 2.45) is 22.7 Å². The predicted molar refractivity (Wildman–Crippen MR) is 109 cm³/mol. The molecule has 0 spiro atoms. The molecule has 0 bridgehead atoms. The maximum Gasteiger partial charge on any atom is 0.305 e. The number of carboxylic acids is 1. The zero-order valence-electron chi connectivity index (χ0n) is 17.2. The van der Waals surface area contributed by atoms with Crippen LogP contribution < -0.4 is 0 Å². The SMILES string of the molecule is C[C@]12C=C(Cl)CC=C1[C@H](F)C[C@H]1[C@@H]3CC=C(CC(O)CC(=O)O)[C@@]3(C)C[C@H](O)[C@@]12F. The molecule has 4 nitrogen and oxygen atoms in total. The van der Waals surface area contributed by atoms with Gasteiger partial charge in [-0.25, -0.2) is 8.78 Å². The van der Waals surface area contributed by atoms with Crippen LogP contribution in [0, 0.1) is 22.7 Å². The lowest BCUT2D eigenvalue weighted by Gasteiger charge is -2.62. The number of hydrogen-bond acceptors (Lipinski definition) is 3. The zero-order valence-corrected chi connectivity index (χ0v) is 18.0. The summed E-state index contributed by atoms with van der Waals surface area (Å²) in [4.78, 5) is 10.9. The molecule has 4 rings (SSSR count). The van der Waals surface area contributed by atoms with Crippen LogP contribution in [-0.2, 0) is 4.79 Å². The number of alkyl halides is 2. The van der Waals surface area contributed by atoms with Crippen LogP contribution in [0.25, 0.3) is 0 Å². The van der Waals surface area contributed by atoms with Crippen molar-refractivity contribution >= 4 is 17.6 Å². The highest BCUT2D eigenvalue weighted by Crippen LogP contribution is 2.68. The van der Waals surface area contributed by atoms with Gasteiger partial charge in [0.1, 0.15) is 6.17 Å². The Labute approximate surface area is 180 Å². The fourth-order valence-electron chi connectivity index (χ4n) is 6.90. The number of aliphatic carboxylic acids is 1. The monoisotopic (exact) mass is 442 g/mol. The lowest BCUT2D eigenvalue weighted by molar-refractivity contribution is -0.192. The summed E-state index contributed by atoms with van der Waals surface area (Å²) < 4.78 is 32.2. The molecular weight excluding hydrogens is 414 g/mol. The van der Waals surface area contributed by atoms with Gasteiger partial charge >= 0.3 is 5.97 Å². The van der Waals surface area contributed by atoms with Crippen molar-refractivity contribution < 1.29 is 28.9 Å². The highest BCUT2D eigenvalue weighted by atomic mass is 35.5. The van der Waals surface area contributed by atoms with E-state index in [2.05, 4.69) is 0 Å². The molecule has 0 aromatic rings. The summed E-state index contributed by atoms with van der Waals surface area (Å²) in [7, 11) is 0. The Morgan fingerprint density at radius 1 is 1.33 bits per heavy atom. The van der Waals surface area contributed by atoms with Gasteiger partial charge in [-0.05, 0) is 49.5 Å². The predicted octanol–water partition coefficient (Wildman–Crippen LogP) is 4.45. The van der Waals surface area contributed by atoms with E-state index >= 15 is 8.78 Å². The summed E-state index contributed by atoms with van der Waals surface area (Å²) in [6.45, 7) is 3.57. The number of halogens is 3. The van der Waals surface area contributed by atoms with Crippen LogP contribution in [0.3, 0.4) is 0 Å². The Kier molecular flexibility index (Phi) is 5.23. The first-order valence-electron chi connectivity index (χ1n) is 10.6. The smallest absolute Gasteiger partial charge is 0.305 e. The second-order valence-corrected chi connectivity index (χ2v) is 10.4. The van der Waals surface area contributed by atoms with E-state index in [0.717, 1.165) is 5.57 Å². The van der Waals surface area contributed by atoms with Crippen LogP contribution >= 0.6 is 11.6 Å². The molecule has 7 heteroatoms. The summed E-state index contributed by atoms with van der Waals surface area (Å²) in [5.74, 6) is -2.04. The maximum absolute atomic E-state index is 16.9. The van der Waals surface area contributed by atoms with Crippen molar-refractivity contribution in [1.82, 2.24) is 0 Å². The van der Waals surface area contributed by atoms with Gasteiger partial charge in [0.25, 0.3) is 0 Å². The summed E-state index contributed by atoms with van der Waals surface area (Å²) >= 11 is 6.24. The Morgan fingerprint density at radius 3 is 2.70 bits per heavy atom. The first-order valence-corrected chi connectivity index (χ1v) is 11.0. The number of carboxylic acid groups (broad SMARTS) is 1. The average Bonchev–Trinajstić information content (AvgIpc) is 2.92. The van der Waals surface area contributed by atoms with Crippen LogP contribution in [0.1, 0.15) is 52.4 Å². The van der Waals surface area contributed by atoms with Crippen molar-refractivity contribution in [2.75, 3.05) is 0 Å². The standard InChI is InChI=1S/C23H29ClF2O4/c1-21-11-19(28)23(26)17(9-18(25)16-6-4-13(24)10-22(16,23)2)15(21)5-3-12(21)7-14(27)8-20(29)30/h3,6,10,14-15,17-19,27-28H,4-5,7-9,11H2,1-2H3,(H,29,30)/t14?,15-,17-,18+,19-,21+,22-,23-/m0/s1. The van der Waals surface area contributed by atoms with Gasteiger partial charge in [-0.1, -0.05) is 42.3 Å². The van der Waals surface area contributed by atoms with Crippen LogP contribution in [0.5, 0.6) is 0 Å². The summed E-state index contributed by atoms with van der Waals surface area (Å²) in [5, 5.41) is 30.7. The van der Waals surface area contributed by atoms with Gasteiger partial charge in [-0.3, -0.25) is 4.79 Å². The Balaban J connectivity index is 1.70. The third-order valence-corrected chi connectivity index (χ3v) is 8.58. The van der Waals surface area contributed by atoms with E-state index in [0.29, 0.717) is 23.4 Å². The molecule has 0 aromatic carbocycles. The lowest BCUT2D eigenvalue weighted by atomic mass is 9.45. The third-order valence-electron chi connectivity index (χ3n) is 8.32. The molecule has 1 unspecified atom stereocenters. The largest absolute Gasteiger partial charge is 0.481 e. The fourth-order valence-corrected chi connectivity index (χ4v) is 7.20. The topological polar surface area (TPSA) is 77.8 Å². The van der Waals surface area contributed by atoms with E-state index in [4.69, 9.17) is 16.7 Å². The van der Waals surface area contributed by atoms with Crippen molar-refractivity contribution in [3.05, 3.63) is 34.4 Å². The second-order valence-electron chi connectivity index (χ2n) is 9.90.